The number of anilines is 1. The van der Waals surface area contributed by atoms with Crippen molar-refractivity contribution < 1.29 is 4.79 Å². The summed E-state index contributed by atoms with van der Waals surface area (Å²) < 4.78 is 0.976. The summed E-state index contributed by atoms with van der Waals surface area (Å²) >= 11 is 4.75. The highest BCUT2D eigenvalue weighted by molar-refractivity contribution is 9.10. The molecule has 3 aromatic rings. The highest BCUT2D eigenvalue weighted by atomic mass is 79.9. The van der Waals surface area contributed by atoms with Crippen LogP contribution in [0.1, 0.15) is 16.7 Å². The number of thioether (sulfide) groups is 1. The molecule has 0 aliphatic carbocycles. The SMILES string of the molecule is Cc1cc(C)c(-c2ccc(SCC(=O)Nc3ccc(Br)cc3)nn2)cc1C. The van der Waals surface area contributed by atoms with Gasteiger partial charge in [0.15, 0.2) is 0 Å². The second-order valence-electron chi connectivity index (χ2n) is 6.35. The highest BCUT2D eigenvalue weighted by Crippen LogP contribution is 2.26. The fourth-order valence-corrected chi connectivity index (χ4v) is 3.53. The van der Waals surface area contributed by atoms with Crippen molar-refractivity contribution in [1.82, 2.24) is 10.2 Å². The van der Waals surface area contributed by atoms with Gasteiger partial charge in [-0.05, 0) is 79.9 Å². The minimum absolute atomic E-state index is 0.0711. The van der Waals surface area contributed by atoms with Crippen molar-refractivity contribution in [1.29, 1.82) is 0 Å². The van der Waals surface area contributed by atoms with Gasteiger partial charge in [0.2, 0.25) is 5.91 Å². The van der Waals surface area contributed by atoms with Crippen LogP contribution in [-0.2, 0) is 4.79 Å². The first-order valence-electron chi connectivity index (χ1n) is 8.52. The number of carbonyl (C=O) groups excluding carboxylic acids is 1. The molecular weight excluding hydrogens is 422 g/mol. The van der Waals surface area contributed by atoms with E-state index in [4.69, 9.17) is 0 Å². The summed E-state index contributed by atoms with van der Waals surface area (Å²) in [5, 5.41) is 12.2. The van der Waals surface area contributed by atoms with E-state index in [2.05, 4.69) is 64.3 Å². The topological polar surface area (TPSA) is 54.9 Å². The molecule has 27 heavy (non-hydrogen) atoms. The predicted molar refractivity (Wildman–Crippen MR) is 115 cm³/mol. The summed E-state index contributed by atoms with van der Waals surface area (Å²) in [6.07, 6.45) is 0. The van der Waals surface area contributed by atoms with Crippen molar-refractivity contribution in [3.05, 3.63) is 69.7 Å². The molecule has 0 radical (unpaired) electrons. The Balaban J connectivity index is 1.61. The van der Waals surface area contributed by atoms with Crippen LogP contribution in [-0.4, -0.2) is 21.9 Å². The number of rotatable bonds is 5. The Kier molecular flexibility index (Phi) is 6.29. The molecular formula is C21H20BrN3OS. The first-order valence-corrected chi connectivity index (χ1v) is 10.3. The molecule has 0 bridgehead atoms. The van der Waals surface area contributed by atoms with E-state index < -0.39 is 0 Å². The van der Waals surface area contributed by atoms with Gasteiger partial charge in [0, 0.05) is 15.7 Å². The van der Waals surface area contributed by atoms with Crippen LogP contribution in [0.4, 0.5) is 5.69 Å². The van der Waals surface area contributed by atoms with E-state index in [-0.39, 0.29) is 11.7 Å². The lowest BCUT2D eigenvalue weighted by atomic mass is 9.99. The van der Waals surface area contributed by atoms with Gasteiger partial charge < -0.3 is 5.32 Å². The number of hydrogen-bond donors (Lipinski definition) is 1. The van der Waals surface area contributed by atoms with E-state index in [1.165, 1.54) is 28.5 Å². The summed E-state index contributed by atoms with van der Waals surface area (Å²) in [6, 6.07) is 15.7. The van der Waals surface area contributed by atoms with Crippen LogP contribution < -0.4 is 5.32 Å². The first kappa shape index (κ1) is 19.6. The van der Waals surface area contributed by atoms with Crippen LogP contribution in [0.2, 0.25) is 0 Å². The average Bonchev–Trinajstić information content (AvgIpc) is 2.65. The van der Waals surface area contributed by atoms with Gasteiger partial charge in [-0.15, -0.1) is 10.2 Å². The molecule has 1 aromatic heterocycles. The monoisotopic (exact) mass is 441 g/mol. The maximum atomic E-state index is 12.1. The van der Waals surface area contributed by atoms with Gasteiger partial charge in [-0.2, -0.15) is 0 Å². The Bertz CT molecular complexity index is 956. The summed E-state index contributed by atoms with van der Waals surface area (Å²) in [6.45, 7) is 6.29. The standard InChI is InChI=1S/C21H20BrN3OS/c1-13-10-15(3)18(11-14(13)2)19-8-9-21(25-24-19)27-12-20(26)23-17-6-4-16(22)5-7-17/h4-11H,12H2,1-3H3,(H,23,26). The Labute approximate surface area is 171 Å². The molecule has 0 aliphatic heterocycles. The van der Waals surface area contributed by atoms with E-state index >= 15 is 0 Å². The zero-order chi connectivity index (χ0) is 19.4. The van der Waals surface area contributed by atoms with E-state index in [9.17, 15) is 4.79 Å². The van der Waals surface area contributed by atoms with E-state index in [0.717, 1.165) is 26.4 Å². The van der Waals surface area contributed by atoms with Crippen molar-refractivity contribution in [2.45, 2.75) is 25.8 Å². The molecule has 0 saturated heterocycles. The summed E-state index contributed by atoms with van der Waals surface area (Å²) in [7, 11) is 0. The largest absolute Gasteiger partial charge is 0.325 e. The summed E-state index contributed by atoms with van der Waals surface area (Å²) in [5.41, 5.74) is 6.40. The summed E-state index contributed by atoms with van der Waals surface area (Å²) in [4.78, 5) is 12.1. The van der Waals surface area contributed by atoms with Crippen LogP contribution in [0.25, 0.3) is 11.3 Å². The molecule has 2 aromatic carbocycles. The predicted octanol–water partition coefficient (Wildman–Crippen LogP) is 5.56. The molecule has 0 aliphatic rings. The molecule has 0 spiro atoms. The van der Waals surface area contributed by atoms with Crippen LogP contribution in [0.15, 0.2) is 58.0 Å². The number of benzene rings is 2. The van der Waals surface area contributed by atoms with E-state index in [0.29, 0.717) is 0 Å². The molecule has 1 N–H and O–H groups in total. The number of carbonyl (C=O) groups is 1. The molecule has 3 rings (SSSR count). The molecule has 6 heteroatoms. The Morgan fingerprint density at radius 2 is 1.67 bits per heavy atom. The Morgan fingerprint density at radius 3 is 2.33 bits per heavy atom. The number of aromatic nitrogens is 2. The van der Waals surface area contributed by atoms with Crippen LogP contribution in [0, 0.1) is 20.8 Å². The number of aryl methyl sites for hydroxylation is 3. The molecule has 0 saturated carbocycles. The Morgan fingerprint density at radius 1 is 0.963 bits per heavy atom. The number of amides is 1. The van der Waals surface area contributed by atoms with Gasteiger partial charge in [-0.25, -0.2) is 0 Å². The lowest BCUT2D eigenvalue weighted by Gasteiger charge is -2.09. The second-order valence-corrected chi connectivity index (χ2v) is 8.26. The quantitative estimate of drug-likeness (QED) is 0.526. The maximum Gasteiger partial charge on any atom is 0.234 e. The second kappa shape index (κ2) is 8.67. The van der Waals surface area contributed by atoms with Crippen LogP contribution in [0.5, 0.6) is 0 Å². The average molecular weight is 442 g/mol. The molecule has 0 unspecified atom stereocenters. The molecule has 4 nitrogen and oxygen atoms in total. The summed E-state index contributed by atoms with van der Waals surface area (Å²) in [5.74, 6) is 0.213. The van der Waals surface area contributed by atoms with Crippen molar-refractivity contribution in [2.75, 3.05) is 11.1 Å². The normalized spacial score (nSPS) is 10.7. The number of nitrogens with one attached hydrogen (secondary N) is 1. The van der Waals surface area contributed by atoms with Crippen LogP contribution in [0.3, 0.4) is 0 Å². The third-order valence-corrected chi connectivity index (χ3v) is 5.68. The van der Waals surface area contributed by atoms with Crippen molar-refractivity contribution in [3.8, 4) is 11.3 Å². The minimum Gasteiger partial charge on any atom is -0.325 e. The number of halogens is 1. The minimum atomic E-state index is -0.0711. The van der Waals surface area contributed by atoms with Gasteiger partial charge in [-0.3, -0.25) is 4.79 Å². The number of hydrogen-bond acceptors (Lipinski definition) is 4. The third-order valence-electron chi connectivity index (χ3n) is 4.24. The fourth-order valence-electron chi connectivity index (χ4n) is 2.65. The van der Waals surface area contributed by atoms with Gasteiger partial charge in [0.05, 0.1) is 11.4 Å². The van der Waals surface area contributed by atoms with Gasteiger partial charge in [0.1, 0.15) is 5.03 Å². The highest BCUT2D eigenvalue weighted by Gasteiger charge is 2.09. The molecule has 0 atom stereocenters. The van der Waals surface area contributed by atoms with Crippen molar-refractivity contribution >= 4 is 39.3 Å². The first-order chi connectivity index (χ1) is 12.9. The van der Waals surface area contributed by atoms with Gasteiger partial charge in [0.25, 0.3) is 0 Å². The van der Waals surface area contributed by atoms with Gasteiger partial charge >= 0.3 is 0 Å². The maximum absolute atomic E-state index is 12.1. The Hall–Kier alpha value is -2.18. The fraction of sp³-hybridized carbons (Fsp3) is 0.190. The number of nitrogens with zero attached hydrogens (tertiary/aromatic N) is 2. The van der Waals surface area contributed by atoms with E-state index in [1.807, 2.05) is 36.4 Å². The molecule has 1 amide bonds. The lowest BCUT2D eigenvalue weighted by molar-refractivity contribution is -0.113. The van der Waals surface area contributed by atoms with Crippen LogP contribution >= 0.6 is 27.7 Å². The van der Waals surface area contributed by atoms with Crippen molar-refractivity contribution in [2.24, 2.45) is 0 Å². The van der Waals surface area contributed by atoms with E-state index in [1.54, 1.807) is 0 Å². The lowest BCUT2D eigenvalue weighted by Crippen LogP contribution is -2.14. The van der Waals surface area contributed by atoms with Crippen molar-refractivity contribution in [3.63, 3.8) is 0 Å². The molecule has 138 valence electrons. The smallest absolute Gasteiger partial charge is 0.234 e. The zero-order valence-electron chi connectivity index (χ0n) is 15.4. The molecule has 1 heterocycles. The third kappa shape index (κ3) is 5.17. The van der Waals surface area contributed by atoms with Gasteiger partial charge in [-0.1, -0.05) is 33.8 Å². The zero-order valence-corrected chi connectivity index (χ0v) is 17.8. The molecule has 0 fully saturated rings.